The summed E-state index contributed by atoms with van der Waals surface area (Å²) in [4.78, 5) is 26.4. The van der Waals surface area contributed by atoms with Crippen LogP contribution in [0.15, 0.2) is 30.3 Å². The summed E-state index contributed by atoms with van der Waals surface area (Å²) in [5.74, 6) is -0.612. The highest BCUT2D eigenvalue weighted by Gasteiger charge is 2.81. The number of benzene rings is 1. The SMILES string of the molecule is COCO[C@H](CCO)[C@]12C[C@@H]3C[C@H](CC1=O)[C@@]2(CCCOC(=O)c1ccccc1)C1(C3)OCCO1. The number of esters is 1. The number of hydrogen-bond acceptors (Lipinski definition) is 8. The maximum atomic E-state index is 13.9. The Labute approximate surface area is 206 Å². The predicted molar refractivity (Wildman–Crippen MR) is 124 cm³/mol. The number of hydrogen-bond donors (Lipinski definition) is 1. The van der Waals surface area contributed by atoms with E-state index in [0.717, 1.165) is 12.8 Å². The second-order valence-electron chi connectivity index (χ2n) is 10.4. The van der Waals surface area contributed by atoms with E-state index >= 15 is 0 Å². The van der Waals surface area contributed by atoms with Crippen LogP contribution in [0.25, 0.3) is 0 Å². The van der Waals surface area contributed by atoms with Crippen molar-refractivity contribution in [1.82, 2.24) is 0 Å². The fourth-order valence-electron chi connectivity index (χ4n) is 8.04. The van der Waals surface area contributed by atoms with E-state index in [1.165, 1.54) is 0 Å². The van der Waals surface area contributed by atoms with Gasteiger partial charge in [-0.15, -0.1) is 0 Å². The number of methoxy groups -OCH3 is 1. The van der Waals surface area contributed by atoms with Crippen LogP contribution in [-0.4, -0.2) is 69.1 Å². The molecule has 0 radical (unpaired) electrons. The fourth-order valence-corrected chi connectivity index (χ4v) is 8.04. The van der Waals surface area contributed by atoms with Crippen LogP contribution in [0.2, 0.25) is 0 Å². The molecule has 4 saturated carbocycles. The minimum Gasteiger partial charge on any atom is -0.462 e. The molecule has 4 aliphatic carbocycles. The molecule has 1 saturated heterocycles. The van der Waals surface area contributed by atoms with Gasteiger partial charge in [-0.3, -0.25) is 4.79 Å². The first kappa shape index (κ1) is 24.8. The number of ketones is 1. The summed E-state index contributed by atoms with van der Waals surface area (Å²) >= 11 is 0. The third kappa shape index (κ3) is 3.76. The van der Waals surface area contributed by atoms with Gasteiger partial charge in [-0.2, -0.15) is 0 Å². The Morgan fingerprint density at radius 1 is 1.20 bits per heavy atom. The standard InChI is InChI=1S/C27H36O8/c1-31-18-33-23(8-10-28)25-16-19-14-21(15-22(25)29)26(25,27(17-19)34-12-13-35-27)9-5-11-32-24(30)20-6-3-2-4-7-20/h2-4,6-7,19,21,23,28H,5,8-18H2,1H3/t19-,21+,23+,25-,26+/m0/s1. The molecule has 8 nitrogen and oxygen atoms in total. The summed E-state index contributed by atoms with van der Waals surface area (Å²) in [6, 6.07) is 8.95. The third-order valence-corrected chi connectivity index (χ3v) is 8.93. The van der Waals surface area contributed by atoms with Gasteiger partial charge in [0.15, 0.2) is 5.79 Å². The van der Waals surface area contributed by atoms with E-state index in [2.05, 4.69) is 0 Å². The number of aliphatic hydroxyl groups excluding tert-OH is 1. The Hall–Kier alpha value is -1.84. The van der Waals surface area contributed by atoms with Crippen LogP contribution in [0.5, 0.6) is 0 Å². The molecule has 4 bridgehead atoms. The molecule has 5 atom stereocenters. The minimum atomic E-state index is -0.849. The van der Waals surface area contributed by atoms with E-state index in [0.29, 0.717) is 56.8 Å². The zero-order valence-corrected chi connectivity index (χ0v) is 20.4. The molecule has 0 amide bonds. The summed E-state index contributed by atoms with van der Waals surface area (Å²) in [5.41, 5.74) is -0.909. The number of Topliss-reactive ketones (excluding diaryl/α,β-unsaturated/α-hetero) is 1. The van der Waals surface area contributed by atoms with E-state index in [9.17, 15) is 14.7 Å². The molecular formula is C27H36O8. The first-order valence-electron chi connectivity index (χ1n) is 12.8. The van der Waals surface area contributed by atoms with E-state index in [1.807, 2.05) is 18.2 Å². The van der Waals surface area contributed by atoms with Crippen LogP contribution in [0.4, 0.5) is 0 Å². The third-order valence-electron chi connectivity index (χ3n) is 8.93. The Kier molecular flexibility index (Phi) is 7.03. The summed E-state index contributed by atoms with van der Waals surface area (Å²) < 4.78 is 29.8. The monoisotopic (exact) mass is 488 g/mol. The molecule has 0 unspecified atom stereocenters. The summed E-state index contributed by atoms with van der Waals surface area (Å²) in [6.07, 6.45) is 3.94. The Morgan fingerprint density at radius 2 is 1.97 bits per heavy atom. The molecule has 192 valence electrons. The normalized spacial score (nSPS) is 33.4. The van der Waals surface area contributed by atoms with Gasteiger partial charge in [0.2, 0.25) is 0 Å². The van der Waals surface area contributed by atoms with Crippen molar-refractivity contribution in [2.45, 2.75) is 56.8 Å². The highest BCUT2D eigenvalue weighted by molar-refractivity contribution is 5.91. The van der Waals surface area contributed by atoms with Gasteiger partial charge in [-0.1, -0.05) is 18.2 Å². The second kappa shape index (κ2) is 9.90. The van der Waals surface area contributed by atoms with Crippen molar-refractivity contribution in [2.75, 3.05) is 40.3 Å². The average molecular weight is 489 g/mol. The van der Waals surface area contributed by atoms with Crippen molar-refractivity contribution in [2.24, 2.45) is 22.7 Å². The quantitative estimate of drug-likeness (QED) is 0.288. The van der Waals surface area contributed by atoms with Crippen molar-refractivity contribution < 1.29 is 38.4 Å². The van der Waals surface area contributed by atoms with Crippen LogP contribution in [0.1, 0.15) is 55.3 Å². The van der Waals surface area contributed by atoms with Crippen LogP contribution >= 0.6 is 0 Å². The largest absolute Gasteiger partial charge is 0.462 e. The lowest BCUT2D eigenvalue weighted by atomic mass is 9.41. The smallest absolute Gasteiger partial charge is 0.338 e. The topological polar surface area (TPSA) is 101 Å². The van der Waals surface area contributed by atoms with Crippen molar-refractivity contribution >= 4 is 11.8 Å². The zero-order chi connectivity index (χ0) is 24.5. The Balaban J connectivity index is 1.45. The van der Waals surface area contributed by atoms with Gasteiger partial charge in [0.1, 0.15) is 12.6 Å². The first-order chi connectivity index (χ1) is 17.0. The van der Waals surface area contributed by atoms with E-state index in [-0.39, 0.29) is 37.7 Å². The van der Waals surface area contributed by atoms with Gasteiger partial charge in [-0.25, -0.2) is 4.79 Å². The molecule has 8 heteroatoms. The first-order valence-corrected chi connectivity index (χ1v) is 12.8. The maximum Gasteiger partial charge on any atom is 0.338 e. The maximum absolute atomic E-state index is 13.9. The number of rotatable bonds is 11. The second-order valence-corrected chi connectivity index (χ2v) is 10.4. The number of ether oxygens (including phenoxy) is 5. The van der Waals surface area contributed by atoms with Gasteiger partial charge in [0.05, 0.1) is 36.9 Å². The molecule has 1 heterocycles. The lowest BCUT2D eigenvalue weighted by molar-refractivity contribution is -0.348. The molecular weight excluding hydrogens is 452 g/mol. The molecule has 1 spiro atoms. The summed E-state index contributed by atoms with van der Waals surface area (Å²) in [5, 5.41) is 9.92. The van der Waals surface area contributed by atoms with Gasteiger partial charge in [0, 0.05) is 32.0 Å². The van der Waals surface area contributed by atoms with Crippen LogP contribution in [0.3, 0.4) is 0 Å². The lowest BCUT2D eigenvalue weighted by Crippen LogP contribution is -2.71. The van der Waals surface area contributed by atoms with Crippen LogP contribution in [-0.2, 0) is 28.5 Å². The van der Waals surface area contributed by atoms with Gasteiger partial charge in [-0.05, 0) is 56.1 Å². The van der Waals surface area contributed by atoms with Crippen molar-refractivity contribution in [3.63, 3.8) is 0 Å². The number of carbonyl (C=O) groups excluding carboxylic acids is 2. The van der Waals surface area contributed by atoms with Crippen molar-refractivity contribution in [3.8, 4) is 0 Å². The average Bonchev–Trinajstić information content (AvgIpc) is 3.38. The summed E-state index contributed by atoms with van der Waals surface area (Å²) in [6.45, 7) is 1.21. The minimum absolute atomic E-state index is 0.0501. The molecule has 1 aliphatic heterocycles. The predicted octanol–water partition coefficient (Wildman–Crippen LogP) is 3.11. The van der Waals surface area contributed by atoms with Crippen LogP contribution < -0.4 is 0 Å². The van der Waals surface area contributed by atoms with E-state index in [1.54, 1.807) is 19.2 Å². The number of aliphatic hydroxyl groups is 1. The molecule has 5 aliphatic rings. The van der Waals surface area contributed by atoms with E-state index in [4.69, 9.17) is 23.7 Å². The van der Waals surface area contributed by atoms with Gasteiger partial charge in [0.25, 0.3) is 0 Å². The molecule has 1 N–H and O–H groups in total. The highest BCUT2D eigenvalue weighted by atomic mass is 16.7. The molecule has 1 aromatic rings. The van der Waals surface area contributed by atoms with Crippen molar-refractivity contribution in [3.05, 3.63) is 35.9 Å². The molecule has 1 aromatic carbocycles. The molecule has 5 fully saturated rings. The highest BCUT2D eigenvalue weighted by Crippen LogP contribution is 2.77. The van der Waals surface area contributed by atoms with Gasteiger partial charge >= 0.3 is 5.97 Å². The summed E-state index contributed by atoms with van der Waals surface area (Å²) in [7, 11) is 1.56. The Morgan fingerprint density at radius 3 is 2.69 bits per heavy atom. The van der Waals surface area contributed by atoms with Crippen molar-refractivity contribution in [1.29, 1.82) is 0 Å². The van der Waals surface area contributed by atoms with Crippen LogP contribution in [0, 0.1) is 22.7 Å². The van der Waals surface area contributed by atoms with Gasteiger partial charge < -0.3 is 28.8 Å². The Bertz CT molecular complexity index is 913. The molecule has 35 heavy (non-hydrogen) atoms. The lowest BCUT2D eigenvalue weighted by Gasteiger charge is -2.66. The van der Waals surface area contributed by atoms with E-state index < -0.39 is 22.7 Å². The number of carbonyl (C=O) groups is 2. The fraction of sp³-hybridized carbons (Fsp3) is 0.704. The molecule has 6 rings (SSSR count). The zero-order valence-electron chi connectivity index (χ0n) is 20.4. The molecule has 0 aromatic heterocycles.